The number of pyridine rings is 1. The molecule has 1 aromatic carbocycles. The molecule has 0 radical (unpaired) electrons. The first kappa shape index (κ1) is 37.4. The van der Waals surface area contributed by atoms with E-state index in [0.717, 1.165) is 22.7 Å². The second-order valence-electron chi connectivity index (χ2n) is 10.3. The number of phosphoric ester groups is 1. The molecule has 3 aromatic rings. The van der Waals surface area contributed by atoms with Crippen molar-refractivity contribution >= 4 is 36.6 Å². The van der Waals surface area contributed by atoms with Gasteiger partial charge in [-0.3, -0.25) is 9.36 Å². The van der Waals surface area contributed by atoms with E-state index in [1.807, 2.05) is 44.3 Å². The molecule has 2 aromatic heterocycles. The third kappa shape index (κ3) is 11.3. The third-order valence-electron chi connectivity index (χ3n) is 6.64. The number of aliphatic hydroxyl groups is 2. The molecule has 0 bridgehead atoms. The van der Waals surface area contributed by atoms with Gasteiger partial charge in [-0.05, 0) is 17.7 Å². The first-order valence-corrected chi connectivity index (χ1v) is 14.9. The molecule has 0 saturated carbocycles. The number of nitrogens with one attached hydrogen (secondary N) is 1. The van der Waals surface area contributed by atoms with E-state index in [1.165, 1.54) is 22.9 Å². The number of aromatic nitrogens is 2. The standard InChI is InChI=1S/C11H12N2O2.C11H14NO9P.C5H11NO2/c12-9(11(14)15)5-7-6-13-10-4-2-1-3-8(7)10;13-8-7(5-20-22(17,18)19)21-10(9(8)14)12-3-1-2-6(4-12)11(15)16;1-3(2)4(6)5(7)8/h1-4,6,9,13H,5,12H2,(H,14,15);1-4,7-10,13-14H,5H2,(H2-,15,16,17,18,19);3-4H,6H2,1-2H3,(H,7,8)/t9-;7-,8-,9-,10-;4-/m010/s1. The smallest absolute Gasteiger partial charge is 0.362 e. The van der Waals surface area contributed by atoms with Crippen molar-refractivity contribution in [1.82, 2.24) is 4.98 Å². The summed E-state index contributed by atoms with van der Waals surface area (Å²) < 4.78 is 21.1. The minimum Gasteiger partial charge on any atom is -0.756 e. The van der Waals surface area contributed by atoms with Crippen molar-refractivity contribution in [3.8, 4) is 0 Å². The molecule has 17 nitrogen and oxygen atoms in total. The number of carboxylic acids is 3. The van der Waals surface area contributed by atoms with E-state index < -0.39 is 69.0 Å². The second kappa shape index (κ2) is 16.5. The number of aromatic amines is 1. The van der Waals surface area contributed by atoms with Gasteiger partial charge in [0.25, 0.3) is 14.1 Å². The van der Waals surface area contributed by atoms with Gasteiger partial charge in [0, 0.05) is 35.5 Å². The normalized spacial score (nSPS) is 21.9. The SMILES string of the molecule is CC(C)[C@H]([NH3+])C(=O)O.N[C@@H](Cc1c[nH]c2ccccc12)C(=O)O.O=C([O-])c1ccc[n+]([C@@H]2O[C@H](COP(=O)([O-])O)[C@@H](O)[C@H]2O)c1. The zero-order valence-corrected chi connectivity index (χ0v) is 25.2. The molecular weight excluding hydrogens is 619 g/mol. The summed E-state index contributed by atoms with van der Waals surface area (Å²) in [6.45, 7) is 2.98. The lowest BCUT2D eigenvalue weighted by Crippen LogP contribution is -2.67. The first-order valence-electron chi connectivity index (χ1n) is 13.4. The van der Waals surface area contributed by atoms with Crippen molar-refractivity contribution in [2.45, 2.75) is 56.9 Å². The van der Waals surface area contributed by atoms with Crippen LogP contribution in [0.15, 0.2) is 55.0 Å². The van der Waals surface area contributed by atoms with Crippen LogP contribution in [0.5, 0.6) is 0 Å². The fourth-order valence-electron chi connectivity index (χ4n) is 3.96. The van der Waals surface area contributed by atoms with Crippen molar-refractivity contribution in [1.29, 1.82) is 0 Å². The molecule has 0 aliphatic carbocycles. The molecule has 0 amide bonds. The zero-order chi connectivity index (χ0) is 34.1. The molecule has 1 aliphatic heterocycles. The van der Waals surface area contributed by atoms with Crippen LogP contribution in [-0.4, -0.2) is 85.2 Å². The highest BCUT2D eigenvalue weighted by atomic mass is 31.2. The predicted octanol–water partition coefficient (Wildman–Crippen LogP) is -3.11. The number of hydrogen-bond donors (Lipinski definition) is 8. The largest absolute Gasteiger partial charge is 0.756 e. The molecule has 4 rings (SSSR count). The summed E-state index contributed by atoms with van der Waals surface area (Å²) in [7, 11) is -4.99. The highest BCUT2D eigenvalue weighted by Gasteiger charge is 2.48. The molecule has 1 fully saturated rings. The number of rotatable bonds is 10. The number of carbonyl (C=O) groups excluding carboxylic acids is 1. The van der Waals surface area contributed by atoms with Gasteiger partial charge in [0.1, 0.15) is 18.2 Å². The van der Waals surface area contributed by atoms with Crippen LogP contribution in [0.3, 0.4) is 0 Å². The van der Waals surface area contributed by atoms with Crippen LogP contribution in [0, 0.1) is 5.92 Å². The van der Waals surface area contributed by atoms with Crippen molar-refractivity contribution in [2.75, 3.05) is 6.61 Å². The molecule has 11 N–H and O–H groups in total. The van der Waals surface area contributed by atoms with Crippen LogP contribution in [0.1, 0.15) is 36.0 Å². The Labute approximate surface area is 256 Å². The molecule has 0 spiro atoms. The summed E-state index contributed by atoms with van der Waals surface area (Å²) in [5, 5.41) is 48.6. The maximum Gasteiger partial charge on any atom is 0.362 e. The molecular formula is C27H37N4O13P. The zero-order valence-electron chi connectivity index (χ0n) is 24.3. The number of aliphatic hydroxyl groups excluding tert-OH is 2. The van der Waals surface area contributed by atoms with Crippen LogP contribution < -0.4 is 26.0 Å². The molecule has 3 heterocycles. The van der Waals surface area contributed by atoms with E-state index in [2.05, 4.69) is 15.2 Å². The Morgan fingerprint density at radius 2 is 1.78 bits per heavy atom. The Hall–Kier alpha value is -3.77. The number of ether oxygens (including phenoxy) is 1. The number of phosphoric acid groups is 1. The lowest BCUT2D eigenvalue weighted by molar-refractivity contribution is -0.765. The number of nitrogens with two attached hydrogens (primary N) is 1. The van der Waals surface area contributed by atoms with Crippen molar-refractivity contribution in [3.63, 3.8) is 0 Å². The second-order valence-corrected chi connectivity index (χ2v) is 11.5. The summed E-state index contributed by atoms with van der Waals surface area (Å²) in [5.74, 6) is -3.09. The molecule has 18 heteroatoms. The number of nitrogens with zero attached hydrogens (tertiary/aromatic N) is 1. The summed E-state index contributed by atoms with van der Waals surface area (Å²) in [4.78, 5) is 53.6. The summed E-state index contributed by atoms with van der Waals surface area (Å²) in [5.41, 5.74) is 10.7. The Balaban J connectivity index is 0.000000264. The Morgan fingerprint density at radius 3 is 2.31 bits per heavy atom. The van der Waals surface area contributed by atoms with Crippen LogP contribution >= 0.6 is 7.82 Å². The van der Waals surface area contributed by atoms with E-state index >= 15 is 0 Å². The topological polar surface area (TPSA) is 307 Å². The number of hydrogen-bond acceptors (Lipinski definition) is 11. The van der Waals surface area contributed by atoms with E-state index in [-0.39, 0.29) is 11.5 Å². The minimum absolute atomic E-state index is 0.132. The highest BCUT2D eigenvalue weighted by molar-refractivity contribution is 7.44. The van der Waals surface area contributed by atoms with E-state index in [9.17, 15) is 39.2 Å². The Morgan fingerprint density at radius 1 is 1.13 bits per heavy atom. The molecule has 1 saturated heterocycles. The van der Waals surface area contributed by atoms with Gasteiger partial charge in [-0.1, -0.05) is 32.0 Å². The maximum atomic E-state index is 10.8. The van der Waals surface area contributed by atoms with E-state index in [1.54, 1.807) is 0 Å². The quantitative estimate of drug-likeness (QED) is 0.0792. The van der Waals surface area contributed by atoms with Crippen LogP contribution in [0.2, 0.25) is 0 Å². The van der Waals surface area contributed by atoms with Gasteiger partial charge >= 0.3 is 11.9 Å². The first-order chi connectivity index (χ1) is 20.9. The third-order valence-corrected chi connectivity index (χ3v) is 7.12. The number of para-hydroxylation sites is 1. The number of aromatic carboxylic acids is 1. The number of quaternary nitrogens is 1. The van der Waals surface area contributed by atoms with Gasteiger partial charge in [0.2, 0.25) is 0 Å². The molecule has 45 heavy (non-hydrogen) atoms. The lowest BCUT2D eigenvalue weighted by Gasteiger charge is -2.19. The van der Waals surface area contributed by atoms with Gasteiger partial charge in [0.15, 0.2) is 24.5 Å². The van der Waals surface area contributed by atoms with Gasteiger partial charge in [-0.15, -0.1) is 0 Å². The van der Waals surface area contributed by atoms with Crippen molar-refractivity contribution in [2.24, 2.45) is 11.7 Å². The van der Waals surface area contributed by atoms with Crippen LogP contribution in [0.4, 0.5) is 0 Å². The number of H-pyrrole nitrogens is 1. The summed E-state index contributed by atoms with van der Waals surface area (Å²) >= 11 is 0. The van der Waals surface area contributed by atoms with E-state index in [0.29, 0.717) is 6.42 Å². The molecule has 1 unspecified atom stereocenters. The van der Waals surface area contributed by atoms with Gasteiger partial charge < -0.3 is 65.8 Å². The Kier molecular flexibility index (Phi) is 13.7. The van der Waals surface area contributed by atoms with Crippen molar-refractivity contribution in [3.05, 3.63) is 66.1 Å². The average molecular weight is 657 g/mol. The number of carbonyl (C=O) groups is 3. The predicted molar refractivity (Wildman–Crippen MR) is 149 cm³/mol. The molecule has 248 valence electrons. The molecule has 1 aliphatic rings. The highest BCUT2D eigenvalue weighted by Crippen LogP contribution is 2.33. The van der Waals surface area contributed by atoms with Crippen molar-refractivity contribution < 1.29 is 73.8 Å². The minimum atomic E-state index is -4.99. The average Bonchev–Trinajstić information content (AvgIpc) is 3.51. The van der Waals surface area contributed by atoms with Gasteiger partial charge in [-0.25, -0.2) is 4.79 Å². The number of fused-ring (bicyclic) bond motifs is 1. The summed E-state index contributed by atoms with van der Waals surface area (Å²) in [6.07, 6.45) is -0.658. The number of carboxylic acid groups (broad SMARTS) is 3. The van der Waals surface area contributed by atoms with Gasteiger partial charge in [-0.2, -0.15) is 4.57 Å². The monoisotopic (exact) mass is 656 g/mol. The maximum absolute atomic E-state index is 10.8. The van der Waals surface area contributed by atoms with Crippen LogP contribution in [0.25, 0.3) is 10.9 Å². The lowest BCUT2D eigenvalue weighted by atomic mass is 10.1. The number of benzene rings is 1. The van der Waals surface area contributed by atoms with E-state index in [4.69, 9.17) is 25.6 Å². The Bertz CT molecular complexity index is 1490. The van der Waals surface area contributed by atoms with Gasteiger partial charge in [0.05, 0.1) is 18.1 Å². The summed E-state index contributed by atoms with van der Waals surface area (Å²) in [6, 6.07) is 9.09. The fraction of sp³-hybridized carbons (Fsp3) is 0.407. The number of aliphatic carboxylic acids is 2. The molecule has 7 atom stereocenters. The van der Waals surface area contributed by atoms with Crippen LogP contribution in [-0.2, 0) is 29.8 Å². The fourth-order valence-corrected chi connectivity index (χ4v) is 4.30.